The third kappa shape index (κ3) is 1.64. The molecule has 3 atom stereocenters. The Kier molecular flexibility index (Phi) is 2.49. The lowest BCUT2D eigenvalue weighted by atomic mass is 9.86. The van der Waals surface area contributed by atoms with Crippen LogP contribution in [0.4, 0.5) is 8.63 Å². The van der Waals surface area contributed by atoms with Gasteiger partial charge in [0.1, 0.15) is 0 Å². The van der Waals surface area contributed by atoms with Crippen LogP contribution in [0.3, 0.4) is 0 Å². The third-order valence-electron chi connectivity index (χ3n) is 3.15. The van der Waals surface area contributed by atoms with Crippen molar-refractivity contribution in [3.63, 3.8) is 0 Å². The molecule has 0 bridgehead atoms. The van der Waals surface area contributed by atoms with Crippen molar-refractivity contribution in [1.82, 2.24) is 0 Å². The van der Waals surface area contributed by atoms with E-state index in [9.17, 15) is 13.4 Å². The van der Waals surface area contributed by atoms with Crippen molar-refractivity contribution in [2.24, 2.45) is 17.8 Å². The van der Waals surface area contributed by atoms with Crippen LogP contribution in [-0.4, -0.2) is 19.8 Å². The maximum absolute atomic E-state index is 12.5. The molecule has 0 amide bonds. The van der Waals surface area contributed by atoms with Crippen LogP contribution >= 0.6 is 0 Å². The number of carbonyl (C=O) groups excluding carboxylic acids is 1. The van der Waals surface area contributed by atoms with Crippen LogP contribution in [0.2, 0.25) is 5.82 Å². The van der Waals surface area contributed by atoms with E-state index in [0.29, 0.717) is 5.92 Å². The Labute approximate surface area is 82.2 Å². The highest BCUT2D eigenvalue weighted by molar-refractivity contribution is 6.47. The minimum Gasteiger partial charge on any atom is -0.466 e. The molecule has 5 heteroatoms. The van der Waals surface area contributed by atoms with Crippen molar-refractivity contribution in [3.8, 4) is 0 Å². The van der Waals surface area contributed by atoms with Gasteiger partial charge in [-0.1, -0.05) is 0 Å². The summed E-state index contributed by atoms with van der Waals surface area (Å²) in [6.07, 6.45) is 2.01. The van der Waals surface area contributed by atoms with Gasteiger partial charge in [0.25, 0.3) is 0 Å². The molecule has 0 aromatic rings. The number of halogens is 2. The number of esters is 1. The number of rotatable bonds is 4. The molecular weight excluding hydrogens is 189 g/mol. The van der Waals surface area contributed by atoms with E-state index in [1.807, 2.05) is 0 Å². The molecule has 14 heavy (non-hydrogen) atoms. The van der Waals surface area contributed by atoms with Crippen LogP contribution in [-0.2, 0) is 9.53 Å². The van der Waals surface area contributed by atoms with Crippen molar-refractivity contribution in [1.29, 1.82) is 0 Å². The van der Waals surface area contributed by atoms with E-state index in [4.69, 9.17) is 4.74 Å². The first-order chi connectivity index (χ1) is 6.66. The number of hydrogen-bond donors (Lipinski definition) is 0. The molecule has 0 spiro atoms. The molecule has 78 valence electrons. The van der Waals surface area contributed by atoms with E-state index in [2.05, 4.69) is 0 Å². The first kappa shape index (κ1) is 9.93. The van der Waals surface area contributed by atoms with Crippen molar-refractivity contribution in [2.75, 3.05) is 6.61 Å². The highest BCUT2D eigenvalue weighted by atomic mass is 19.2. The maximum Gasteiger partial charge on any atom is 0.542 e. The minimum absolute atomic E-state index is 0.0888. The zero-order valence-corrected chi connectivity index (χ0v) is 8.08. The summed E-state index contributed by atoms with van der Waals surface area (Å²) in [7, 11) is -2.37. The second-order valence-electron chi connectivity index (χ2n) is 4.10. The number of carbonyl (C=O) groups is 1. The SMILES string of the molecule is CCOC(=O)[C@H]1C(C2CC2)[C@@H]1B(F)F. The fourth-order valence-corrected chi connectivity index (χ4v) is 2.33. The lowest BCUT2D eigenvalue weighted by Crippen LogP contribution is -2.10. The average Bonchev–Trinajstić information content (AvgIpc) is 2.98. The van der Waals surface area contributed by atoms with E-state index in [-0.39, 0.29) is 12.5 Å². The van der Waals surface area contributed by atoms with Gasteiger partial charge in [0, 0.05) is 5.82 Å². The molecule has 2 saturated carbocycles. The summed E-state index contributed by atoms with van der Waals surface area (Å²) >= 11 is 0. The van der Waals surface area contributed by atoms with E-state index in [1.165, 1.54) is 0 Å². The molecule has 0 radical (unpaired) electrons. The Morgan fingerprint density at radius 2 is 2.14 bits per heavy atom. The largest absolute Gasteiger partial charge is 0.542 e. The first-order valence-electron chi connectivity index (χ1n) is 5.11. The predicted molar refractivity (Wildman–Crippen MR) is 48.1 cm³/mol. The lowest BCUT2D eigenvalue weighted by Gasteiger charge is -1.99. The normalized spacial score (nSPS) is 35.2. The summed E-state index contributed by atoms with van der Waals surface area (Å²) < 4.78 is 29.8. The first-order valence-corrected chi connectivity index (χ1v) is 5.11. The molecule has 0 N–H and O–H groups in total. The van der Waals surface area contributed by atoms with Gasteiger partial charge in [0.15, 0.2) is 0 Å². The topological polar surface area (TPSA) is 26.3 Å². The summed E-state index contributed by atoms with van der Waals surface area (Å²) in [6.45, 7) is 1.98. The summed E-state index contributed by atoms with van der Waals surface area (Å²) in [5, 5.41) is 0. The van der Waals surface area contributed by atoms with E-state index < -0.39 is 25.0 Å². The average molecular weight is 202 g/mol. The van der Waals surface area contributed by atoms with Gasteiger partial charge in [-0.2, -0.15) is 0 Å². The molecule has 2 nitrogen and oxygen atoms in total. The second-order valence-corrected chi connectivity index (χ2v) is 4.10. The fraction of sp³-hybridized carbons (Fsp3) is 0.889. The van der Waals surface area contributed by atoms with Crippen LogP contribution < -0.4 is 0 Å². The van der Waals surface area contributed by atoms with Gasteiger partial charge in [-0.25, -0.2) is 0 Å². The van der Waals surface area contributed by atoms with Crippen LogP contribution in [0.5, 0.6) is 0 Å². The Balaban J connectivity index is 1.94. The van der Waals surface area contributed by atoms with Gasteiger partial charge in [0.05, 0.1) is 12.5 Å². The lowest BCUT2D eigenvalue weighted by molar-refractivity contribution is -0.145. The molecule has 2 aliphatic carbocycles. The molecule has 2 rings (SSSR count). The summed E-state index contributed by atoms with van der Waals surface area (Å²) in [4.78, 5) is 11.3. The third-order valence-corrected chi connectivity index (χ3v) is 3.15. The Morgan fingerprint density at radius 3 is 2.57 bits per heavy atom. The Bertz CT molecular complexity index is 235. The van der Waals surface area contributed by atoms with Gasteiger partial charge in [-0.15, -0.1) is 0 Å². The highest BCUT2D eigenvalue weighted by Gasteiger charge is 2.66. The molecule has 1 unspecified atom stereocenters. The molecule has 2 fully saturated rings. The standard InChI is InChI=1S/C9H13BF2O2/c1-2-14-9(13)7-6(5-3-4-5)8(7)10(11)12/h5-8H,2-4H2,1H3/t6?,7-,8-/m0/s1. The van der Waals surface area contributed by atoms with Gasteiger partial charge in [0.2, 0.25) is 0 Å². The molecule has 0 aromatic carbocycles. The van der Waals surface area contributed by atoms with Gasteiger partial charge in [-0.05, 0) is 31.6 Å². The Hall–Kier alpha value is -0.605. The van der Waals surface area contributed by atoms with Crippen molar-refractivity contribution < 1.29 is 18.2 Å². The number of ether oxygens (including phenoxy) is 1. The zero-order chi connectivity index (χ0) is 10.3. The smallest absolute Gasteiger partial charge is 0.466 e. The second kappa shape index (κ2) is 3.52. The van der Waals surface area contributed by atoms with Crippen LogP contribution in [0.25, 0.3) is 0 Å². The van der Waals surface area contributed by atoms with E-state index >= 15 is 0 Å². The number of hydrogen-bond acceptors (Lipinski definition) is 2. The molecule has 0 aliphatic heterocycles. The molecular formula is C9H13BF2O2. The van der Waals surface area contributed by atoms with Crippen molar-refractivity contribution >= 4 is 13.2 Å². The minimum atomic E-state index is -2.37. The van der Waals surface area contributed by atoms with Gasteiger partial charge < -0.3 is 4.74 Å². The fourth-order valence-electron chi connectivity index (χ4n) is 2.33. The molecule has 0 heterocycles. The zero-order valence-electron chi connectivity index (χ0n) is 8.08. The van der Waals surface area contributed by atoms with E-state index in [0.717, 1.165) is 12.8 Å². The van der Waals surface area contributed by atoms with Gasteiger partial charge >= 0.3 is 13.2 Å². The predicted octanol–water partition coefficient (Wildman–Crippen LogP) is 2.00. The highest BCUT2D eigenvalue weighted by Crippen LogP contribution is 2.64. The van der Waals surface area contributed by atoms with Crippen molar-refractivity contribution in [3.05, 3.63) is 0 Å². The summed E-state index contributed by atoms with van der Waals surface area (Å²) in [5.41, 5.74) is 0. The summed E-state index contributed by atoms with van der Waals surface area (Å²) in [5.74, 6) is -1.38. The van der Waals surface area contributed by atoms with E-state index in [1.54, 1.807) is 6.92 Å². The van der Waals surface area contributed by atoms with Crippen LogP contribution in [0.15, 0.2) is 0 Å². The maximum atomic E-state index is 12.5. The van der Waals surface area contributed by atoms with Gasteiger partial charge in [-0.3, -0.25) is 13.4 Å². The molecule has 0 saturated heterocycles. The van der Waals surface area contributed by atoms with Crippen LogP contribution in [0.1, 0.15) is 19.8 Å². The molecule has 2 aliphatic rings. The quantitative estimate of drug-likeness (QED) is 0.514. The van der Waals surface area contributed by atoms with Crippen molar-refractivity contribution in [2.45, 2.75) is 25.6 Å². The summed E-state index contributed by atoms with van der Waals surface area (Å²) in [6, 6.07) is 0. The van der Waals surface area contributed by atoms with Crippen LogP contribution in [0, 0.1) is 17.8 Å². The Morgan fingerprint density at radius 1 is 1.50 bits per heavy atom. The monoisotopic (exact) mass is 202 g/mol. The molecule has 0 aromatic heterocycles.